The zero-order valence-electron chi connectivity index (χ0n) is 33.4. The summed E-state index contributed by atoms with van der Waals surface area (Å²) in [5.41, 5.74) is 7.46. The minimum absolute atomic E-state index is 0.179. The molecule has 2 heteroatoms. The van der Waals surface area contributed by atoms with Crippen molar-refractivity contribution in [3.8, 4) is 44.5 Å². The quantitative estimate of drug-likeness (QED) is 0.183. The van der Waals surface area contributed by atoms with Crippen LogP contribution >= 0.6 is 0 Å². The molecule has 0 saturated heterocycles. The molecule has 224 valence electrons. The van der Waals surface area contributed by atoms with Crippen LogP contribution in [-0.2, 0) is 0 Å². The highest BCUT2D eigenvalue weighted by atomic mass is 16.3. The second kappa shape index (κ2) is 10.6. The van der Waals surface area contributed by atoms with E-state index >= 15 is 0 Å². The van der Waals surface area contributed by atoms with Gasteiger partial charge in [0.2, 0.25) is 0 Å². The van der Waals surface area contributed by atoms with Crippen LogP contribution in [0.2, 0.25) is 0 Å². The first kappa shape index (κ1) is 20.0. The standard InChI is InChI=1S/C46H28O2/c1-3-12-29(13-4-1)40-28-47-41-27-26-39-38-21-11-20-33(45(38)48-46(39)44(40)41)30-22-24-32(25-23-30)43-36-18-9-7-16-34(36)42(31-14-5-2-6-15-31)35-17-8-10-19-37(35)43/h1-28H/i7D,8D,9D,10D,16D,17D,18D,19D. The van der Waals surface area contributed by atoms with E-state index in [1.807, 2.05) is 91.0 Å². The summed E-state index contributed by atoms with van der Waals surface area (Å²) in [6, 6.07) is 33.5. The Kier molecular flexibility index (Phi) is 4.41. The molecule has 0 atom stereocenters. The van der Waals surface area contributed by atoms with Gasteiger partial charge in [-0.2, -0.15) is 0 Å². The van der Waals surface area contributed by atoms with E-state index in [0.29, 0.717) is 33.4 Å². The van der Waals surface area contributed by atoms with Crippen LogP contribution in [0.15, 0.2) is 179 Å². The van der Waals surface area contributed by atoms with Crippen molar-refractivity contribution in [1.29, 1.82) is 0 Å². The lowest BCUT2D eigenvalue weighted by molar-refractivity contribution is 0.616. The van der Waals surface area contributed by atoms with Crippen LogP contribution < -0.4 is 0 Å². The SMILES string of the molecule is [2H]c1c([2H])c([2H])c2c(-c3ccc(-c4cccc5c4oc4c5ccc5occ(-c6ccccc6)c54)cc3)c3c([2H])c([2H])c([2H])c([2H])c3c(-c3ccccc3)c2c1[2H]. The maximum absolute atomic E-state index is 9.20. The van der Waals surface area contributed by atoms with Crippen molar-refractivity contribution >= 4 is 54.5 Å². The minimum Gasteiger partial charge on any atom is -0.464 e. The van der Waals surface area contributed by atoms with Gasteiger partial charge in [-0.3, -0.25) is 0 Å². The van der Waals surface area contributed by atoms with Gasteiger partial charge in [0.1, 0.15) is 16.7 Å². The monoisotopic (exact) mass is 620 g/mol. The Hall–Kier alpha value is -6.38. The normalized spacial score (nSPS) is 14.1. The third kappa shape index (κ3) is 4.00. The molecular formula is C46H28O2. The first-order chi connectivity index (χ1) is 27.2. The van der Waals surface area contributed by atoms with Crippen LogP contribution in [0.3, 0.4) is 0 Å². The number of benzene rings is 8. The predicted octanol–water partition coefficient (Wildman–Crippen LogP) is 13.3. The predicted molar refractivity (Wildman–Crippen MR) is 200 cm³/mol. The third-order valence-electron chi connectivity index (χ3n) is 9.21. The van der Waals surface area contributed by atoms with E-state index in [4.69, 9.17) is 17.1 Å². The number of fused-ring (bicyclic) bond motifs is 7. The van der Waals surface area contributed by atoms with Gasteiger partial charge in [0, 0.05) is 21.9 Å². The lowest BCUT2D eigenvalue weighted by Gasteiger charge is -2.18. The summed E-state index contributed by atoms with van der Waals surface area (Å²) in [5, 5.41) is 3.50. The lowest BCUT2D eigenvalue weighted by Crippen LogP contribution is -1.90. The molecule has 48 heavy (non-hydrogen) atoms. The fourth-order valence-electron chi connectivity index (χ4n) is 7.06. The van der Waals surface area contributed by atoms with Crippen LogP contribution in [0.5, 0.6) is 0 Å². The summed E-state index contributed by atoms with van der Waals surface area (Å²) in [6.07, 6.45) is 1.76. The maximum atomic E-state index is 9.20. The molecule has 8 aromatic carbocycles. The second-order valence-electron chi connectivity index (χ2n) is 11.8. The first-order valence-corrected chi connectivity index (χ1v) is 15.7. The van der Waals surface area contributed by atoms with Crippen LogP contribution in [-0.4, -0.2) is 0 Å². The fourth-order valence-corrected chi connectivity index (χ4v) is 7.06. The van der Waals surface area contributed by atoms with E-state index in [0.717, 1.165) is 44.0 Å². The molecule has 0 radical (unpaired) electrons. The zero-order valence-corrected chi connectivity index (χ0v) is 25.4. The highest BCUT2D eigenvalue weighted by Gasteiger charge is 2.20. The van der Waals surface area contributed by atoms with E-state index in [1.165, 1.54) is 0 Å². The van der Waals surface area contributed by atoms with E-state index < -0.39 is 24.2 Å². The molecular weight excluding hydrogens is 585 g/mol. The van der Waals surface area contributed by atoms with Crippen molar-refractivity contribution in [2.45, 2.75) is 0 Å². The van der Waals surface area contributed by atoms with Crippen LogP contribution in [0.25, 0.3) is 99.0 Å². The maximum Gasteiger partial charge on any atom is 0.147 e. The van der Waals surface area contributed by atoms with E-state index in [1.54, 1.807) is 30.5 Å². The van der Waals surface area contributed by atoms with Crippen molar-refractivity contribution in [3.63, 3.8) is 0 Å². The summed E-state index contributed by atoms with van der Waals surface area (Å²) in [7, 11) is 0. The summed E-state index contributed by atoms with van der Waals surface area (Å²) < 4.78 is 84.1. The number of furan rings is 2. The highest BCUT2D eigenvalue weighted by molar-refractivity contribution is 6.22. The highest BCUT2D eigenvalue weighted by Crippen LogP contribution is 2.45. The van der Waals surface area contributed by atoms with Gasteiger partial charge in [-0.15, -0.1) is 0 Å². The first-order valence-electron chi connectivity index (χ1n) is 19.7. The van der Waals surface area contributed by atoms with E-state index in [2.05, 4.69) is 0 Å². The Balaban J connectivity index is 1.24. The van der Waals surface area contributed by atoms with Gasteiger partial charge < -0.3 is 8.83 Å². The number of para-hydroxylation sites is 1. The Morgan fingerprint density at radius 2 is 0.917 bits per heavy atom. The second-order valence-corrected chi connectivity index (χ2v) is 11.8. The van der Waals surface area contributed by atoms with Crippen LogP contribution in [0, 0.1) is 0 Å². The van der Waals surface area contributed by atoms with E-state index in [-0.39, 0.29) is 45.7 Å². The third-order valence-corrected chi connectivity index (χ3v) is 9.21. The summed E-state index contributed by atoms with van der Waals surface area (Å²) in [4.78, 5) is 0. The van der Waals surface area contributed by atoms with Gasteiger partial charge >= 0.3 is 0 Å². The molecule has 0 aliphatic heterocycles. The average Bonchev–Trinajstić information content (AvgIpc) is 3.85. The van der Waals surface area contributed by atoms with Gasteiger partial charge in [0.15, 0.2) is 0 Å². The van der Waals surface area contributed by atoms with Crippen molar-refractivity contribution in [2.75, 3.05) is 0 Å². The molecule has 0 aliphatic carbocycles. The molecule has 2 aromatic heterocycles. The van der Waals surface area contributed by atoms with Gasteiger partial charge in [-0.1, -0.05) is 151 Å². The van der Waals surface area contributed by atoms with Gasteiger partial charge in [-0.05, 0) is 67.1 Å². The van der Waals surface area contributed by atoms with Crippen molar-refractivity contribution in [1.82, 2.24) is 0 Å². The lowest BCUT2D eigenvalue weighted by atomic mass is 9.85. The number of rotatable bonds is 4. The molecule has 10 rings (SSSR count). The van der Waals surface area contributed by atoms with Gasteiger partial charge in [0.25, 0.3) is 0 Å². The molecule has 0 amide bonds. The van der Waals surface area contributed by atoms with Crippen molar-refractivity contribution in [2.24, 2.45) is 0 Å². The Labute approximate surface area is 288 Å². The molecule has 0 saturated carbocycles. The molecule has 0 unspecified atom stereocenters. The molecule has 0 aliphatic rings. The summed E-state index contributed by atoms with van der Waals surface area (Å²) in [6.45, 7) is 0. The smallest absolute Gasteiger partial charge is 0.147 e. The average molecular weight is 621 g/mol. The summed E-state index contributed by atoms with van der Waals surface area (Å²) in [5.74, 6) is 0. The largest absolute Gasteiger partial charge is 0.464 e. The van der Waals surface area contributed by atoms with Crippen molar-refractivity contribution in [3.05, 3.63) is 170 Å². The number of hydrogen-bond acceptors (Lipinski definition) is 2. The number of hydrogen-bond donors (Lipinski definition) is 0. The summed E-state index contributed by atoms with van der Waals surface area (Å²) >= 11 is 0. The Morgan fingerprint density at radius 1 is 0.396 bits per heavy atom. The Bertz CT molecular complexity index is 3180. The topological polar surface area (TPSA) is 26.3 Å². The molecule has 10 aromatic rings. The molecule has 0 bridgehead atoms. The van der Waals surface area contributed by atoms with Crippen LogP contribution in [0.4, 0.5) is 0 Å². The fraction of sp³-hybridized carbons (Fsp3) is 0. The van der Waals surface area contributed by atoms with Gasteiger partial charge in [0.05, 0.1) is 22.6 Å². The molecule has 0 spiro atoms. The molecule has 2 nitrogen and oxygen atoms in total. The van der Waals surface area contributed by atoms with Crippen LogP contribution in [0.1, 0.15) is 11.0 Å². The van der Waals surface area contributed by atoms with Crippen molar-refractivity contribution < 1.29 is 19.8 Å². The molecule has 2 heterocycles. The van der Waals surface area contributed by atoms with Gasteiger partial charge in [-0.25, -0.2) is 0 Å². The van der Waals surface area contributed by atoms with E-state index in [9.17, 15) is 2.74 Å². The zero-order chi connectivity index (χ0) is 38.6. The Morgan fingerprint density at radius 3 is 1.54 bits per heavy atom. The molecule has 0 N–H and O–H groups in total. The minimum atomic E-state index is -0.432. The molecule has 0 fully saturated rings.